The van der Waals surface area contributed by atoms with Crippen LogP contribution in [0.1, 0.15) is 86.0 Å². The molecule has 0 amide bonds. The minimum atomic E-state index is -0.813. The number of methoxy groups -OCH3 is 1. The molecule has 0 radical (unpaired) electrons. The van der Waals surface area contributed by atoms with Gasteiger partial charge in [0, 0.05) is 11.1 Å². The summed E-state index contributed by atoms with van der Waals surface area (Å²) in [6.45, 7) is 7.92. The topological polar surface area (TPSA) is 91.3 Å². The van der Waals surface area contributed by atoms with Gasteiger partial charge in [0.25, 0.3) is 0 Å². The second kappa shape index (κ2) is 9.67. The Labute approximate surface area is 218 Å². The summed E-state index contributed by atoms with van der Waals surface area (Å²) >= 11 is 0. The molecule has 2 saturated carbocycles. The molecule has 2 aliphatic carbocycles. The molecular weight excluding hydrogens is 472 g/mol. The van der Waals surface area contributed by atoms with Gasteiger partial charge in [0.1, 0.15) is 23.7 Å². The number of esters is 2. The Bertz CT molecular complexity index is 1210. The van der Waals surface area contributed by atoms with Crippen molar-refractivity contribution in [1.82, 2.24) is 0 Å². The van der Waals surface area contributed by atoms with Crippen molar-refractivity contribution in [2.45, 2.75) is 72.5 Å². The molecule has 0 saturated heterocycles. The number of hydrogen-bond donors (Lipinski definition) is 1. The zero-order valence-electron chi connectivity index (χ0n) is 22.3. The molecule has 1 atom stereocenters. The molecule has 2 fully saturated rings. The van der Waals surface area contributed by atoms with Gasteiger partial charge in [-0.1, -0.05) is 13.8 Å². The number of aryl methyl sites for hydroxylation is 1. The lowest BCUT2D eigenvalue weighted by molar-refractivity contribution is -0.147. The molecule has 1 heterocycles. The molecule has 2 aromatic carbocycles. The number of ether oxygens (including phenoxy) is 4. The molecule has 1 N–H and O–H groups in total. The molecule has 1 aliphatic heterocycles. The van der Waals surface area contributed by atoms with Crippen molar-refractivity contribution < 1.29 is 33.6 Å². The van der Waals surface area contributed by atoms with Gasteiger partial charge < -0.3 is 24.1 Å². The van der Waals surface area contributed by atoms with Crippen molar-refractivity contribution in [3.8, 4) is 23.0 Å². The fraction of sp³-hybridized carbons (Fsp3) is 0.533. The highest BCUT2D eigenvalue weighted by Crippen LogP contribution is 2.58. The van der Waals surface area contributed by atoms with Crippen molar-refractivity contribution in [3.05, 3.63) is 46.5 Å². The highest BCUT2D eigenvalue weighted by atomic mass is 16.6. The maximum atomic E-state index is 13.5. The van der Waals surface area contributed by atoms with E-state index in [-0.39, 0.29) is 35.6 Å². The highest BCUT2D eigenvalue weighted by molar-refractivity contribution is 5.97. The van der Waals surface area contributed by atoms with Gasteiger partial charge in [-0.2, -0.15) is 0 Å². The van der Waals surface area contributed by atoms with Crippen molar-refractivity contribution in [3.63, 3.8) is 0 Å². The fourth-order valence-corrected chi connectivity index (χ4v) is 6.52. The number of aliphatic hydroxyl groups is 1. The molecule has 3 aliphatic rings. The van der Waals surface area contributed by atoms with E-state index >= 15 is 0 Å². The fourth-order valence-electron chi connectivity index (χ4n) is 6.52. The van der Waals surface area contributed by atoms with Gasteiger partial charge in [-0.3, -0.25) is 4.79 Å². The smallest absolute Gasteiger partial charge is 0.346 e. The van der Waals surface area contributed by atoms with Crippen LogP contribution in [0.4, 0.5) is 0 Å². The van der Waals surface area contributed by atoms with Gasteiger partial charge in [0.15, 0.2) is 11.5 Å². The number of cyclic esters (lactones) is 1. The van der Waals surface area contributed by atoms with E-state index in [4.69, 9.17) is 18.9 Å². The number of hydrogen-bond acceptors (Lipinski definition) is 7. The van der Waals surface area contributed by atoms with Gasteiger partial charge in [-0.05, 0) is 93.5 Å². The summed E-state index contributed by atoms with van der Waals surface area (Å²) in [5.74, 6) is 1.21. The normalized spacial score (nSPS) is 24.9. The molecular formula is C30H36O7. The van der Waals surface area contributed by atoms with Gasteiger partial charge >= 0.3 is 11.9 Å². The molecule has 0 spiro atoms. The zero-order chi connectivity index (χ0) is 26.5. The zero-order valence-corrected chi connectivity index (χ0v) is 22.3. The van der Waals surface area contributed by atoms with Crippen LogP contribution < -0.4 is 14.2 Å². The number of benzene rings is 2. The van der Waals surface area contributed by atoms with Crippen molar-refractivity contribution >= 4 is 11.9 Å². The van der Waals surface area contributed by atoms with Gasteiger partial charge in [0.2, 0.25) is 0 Å². The number of carbonyl (C=O) groups is 2. The summed E-state index contributed by atoms with van der Waals surface area (Å²) in [5.41, 5.74) is 1.59. The molecule has 37 heavy (non-hydrogen) atoms. The average Bonchev–Trinajstić information content (AvgIpc) is 3.35. The molecule has 2 aromatic rings. The van der Waals surface area contributed by atoms with Crippen LogP contribution in [0, 0.1) is 30.1 Å². The van der Waals surface area contributed by atoms with E-state index in [1.165, 1.54) is 7.11 Å². The quantitative estimate of drug-likeness (QED) is 0.363. The van der Waals surface area contributed by atoms with Crippen LogP contribution in [0.2, 0.25) is 0 Å². The van der Waals surface area contributed by atoms with E-state index in [1.807, 2.05) is 33.8 Å². The Morgan fingerprint density at radius 1 is 1.16 bits per heavy atom. The SMILES string of the molecule is COc1c(C(O)CC(C)C)ccc2c1C(=O)OCc1cc(C)cc(OC(=O)C3(C)C4CCC3CC4)c1O2. The Morgan fingerprint density at radius 2 is 1.84 bits per heavy atom. The number of fused-ring (bicyclic) bond motifs is 4. The lowest BCUT2D eigenvalue weighted by Gasteiger charge is -2.28. The summed E-state index contributed by atoms with van der Waals surface area (Å²) in [6.07, 6.45) is 3.94. The third-order valence-electron chi connectivity index (χ3n) is 8.52. The van der Waals surface area contributed by atoms with Crippen LogP contribution in [0.25, 0.3) is 0 Å². The van der Waals surface area contributed by atoms with Crippen LogP contribution in [-0.4, -0.2) is 24.2 Å². The predicted octanol–water partition coefficient (Wildman–Crippen LogP) is 6.28. The summed E-state index contributed by atoms with van der Waals surface area (Å²) in [6, 6.07) is 7.00. The molecule has 2 bridgehead atoms. The largest absolute Gasteiger partial charge is 0.495 e. The van der Waals surface area contributed by atoms with E-state index in [0.29, 0.717) is 40.9 Å². The lowest BCUT2D eigenvalue weighted by Crippen LogP contribution is -2.36. The molecule has 7 heteroatoms. The third kappa shape index (κ3) is 4.37. The van der Waals surface area contributed by atoms with E-state index < -0.39 is 17.5 Å². The predicted molar refractivity (Wildman–Crippen MR) is 137 cm³/mol. The standard InChI is InChI=1S/C30H36O7/c1-16(2)12-22(31)21-10-11-23-25(27(21)34-5)28(32)35-15-18-13-17(3)14-24(26(18)36-23)37-29(33)30(4)19-6-7-20(30)9-8-19/h10-11,13-14,16,19-20,22,31H,6-9,12,15H2,1-5H3. The summed E-state index contributed by atoms with van der Waals surface area (Å²) < 4.78 is 23.7. The van der Waals surface area contributed by atoms with Crippen LogP contribution in [-0.2, 0) is 16.1 Å². The maximum absolute atomic E-state index is 13.5. The molecule has 5 rings (SSSR count). The van der Waals surface area contributed by atoms with E-state index in [1.54, 1.807) is 18.2 Å². The molecule has 198 valence electrons. The summed E-state index contributed by atoms with van der Waals surface area (Å²) in [5, 5.41) is 10.8. The highest BCUT2D eigenvalue weighted by Gasteiger charge is 2.57. The first kappa shape index (κ1) is 25.6. The summed E-state index contributed by atoms with van der Waals surface area (Å²) in [7, 11) is 1.45. The van der Waals surface area contributed by atoms with E-state index in [0.717, 1.165) is 31.2 Å². The maximum Gasteiger partial charge on any atom is 0.346 e. The second-order valence-corrected chi connectivity index (χ2v) is 11.4. The Kier molecular flexibility index (Phi) is 6.69. The Hall–Kier alpha value is -3.06. The lowest BCUT2D eigenvalue weighted by atomic mass is 9.80. The molecule has 0 aromatic heterocycles. The molecule has 7 nitrogen and oxygen atoms in total. The van der Waals surface area contributed by atoms with Crippen LogP contribution in [0.5, 0.6) is 23.0 Å². The van der Waals surface area contributed by atoms with Gasteiger partial charge in [-0.15, -0.1) is 0 Å². The van der Waals surface area contributed by atoms with E-state index in [2.05, 4.69) is 0 Å². The minimum absolute atomic E-state index is 0.0513. The first-order chi connectivity index (χ1) is 17.6. The number of aliphatic hydroxyl groups excluding tert-OH is 1. The van der Waals surface area contributed by atoms with Crippen molar-refractivity contribution in [2.75, 3.05) is 7.11 Å². The van der Waals surface area contributed by atoms with Crippen molar-refractivity contribution in [1.29, 1.82) is 0 Å². The Morgan fingerprint density at radius 3 is 2.46 bits per heavy atom. The Balaban J connectivity index is 1.54. The van der Waals surface area contributed by atoms with Crippen molar-refractivity contribution in [2.24, 2.45) is 23.2 Å². The van der Waals surface area contributed by atoms with E-state index in [9.17, 15) is 14.7 Å². The molecule has 1 unspecified atom stereocenters. The first-order valence-electron chi connectivity index (χ1n) is 13.2. The average molecular weight is 509 g/mol. The van der Waals surface area contributed by atoms with Gasteiger partial charge in [-0.25, -0.2) is 4.79 Å². The van der Waals surface area contributed by atoms with Crippen LogP contribution in [0.15, 0.2) is 24.3 Å². The third-order valence-corrected chi connectivity index (χ3v) is 8.52. The summed E-state index contributed by atoms with van der Waals surface area (Å²) in [4.78, 5) is 26.7. The second-order valence-electron chi connectivity index (χ2n) is 11.4. The monoisotopic (exact) mass is 508 g/mol. The minimum Gasteiger partial charge on any atom is -0.495 e. The van der Waals surface area contributed by atoms with Crippen LogP contribution >= 0.6 is 0 Å². The van der Waals surface area contributed by atoms with Gasteiger partial charge in [0.05, 0.1) is 18.6 Å². The first-order valence-corrected chi connectivity index (χ1v) is 13.2. The number of rotatable bonds is 6. The number of carbonyl (C=O) groups excluding carboxylic acids is 2. The van der Waals surface area contributed by atoms with Crippen LogP contribution in [0.3, 0.4) is 0 Å².